The van der Waals surface area contributed by atoms with Crippen LogP contribution in [0.4, 0.5) is 4.79 Å². The van der Waals surface area contributed by atoms with Gasteiger partial charge in [0.25, 0.3) is 0 Å². The number of alkyl carbamates (subject to hydrolysis) is 1. The zero-order valence-corrected chi connectivity index (χ0v) is 19.8. The number of benzene rings is 2. The minimum Gasteiger partial charge on any atom is -0.480 e. The second-order valence-electron chi connectivity index (χ2n) is 8.47. The minimum absolute atomic E-state index is 0.0954. The first-order chi connectivity index (χ1) is 16.8. The molecule has 0 aliphatic heterocycles. The number of hydrogen-bond donors (Lipinski definition) is 3. The number of ether oxygens (including phenoxy) is 1. The molecule has 1 aliphatic carbocycles. The van der Waals surface area contributed by atoms with Gasteiger partial charge in [-0.1, -0.05) is 48.5 Å². The van der Waals surface area contributed by atoms with Crippen molar-refractivity contribution in [3.63, 3.8) is 0 Å². The largest absolute Gasteiger partial charge is 0.480 e. The minimum atomic E-state index is -1.14. The molecule has 0 heterocycles. The molecule has 0 aromatic heterocycles. The van der Waals surface area contributed by atoms with Crippen LogP contribution in [0.5, 0.6) is 0 Å². The molecule has 3 amide bonds. The average molecular weight is 483 g/mol. The van der Waals surface area contributed by atoms with Crippen molar-refractivity contribution in [3.8, 4) is 11.1 Å². The Labute approximate surface area is 203 Å². The molecule has 0 saturated carbocycles. The van der Waals surface area contributed by atoms with Crippen LogP contribution < -0.4 is 10.6 Å². The average Bonchev–Trinajstić information content (AvgIpc) is 3.15. The van der Waals surface area contributed by atoms with Crippen molar-refractivity contribution in [2.24, 2.45) is 0 Å². The maximum absolute atomic E-state index is 12.3. The predicted molar refractivity (Wildman–Crippen MR) is 129 cm³/mol. The number of fused-ring (bicyclic) bond motifs is 3. The SMILES string of the molecule is CN(C)CCN(CC(=O)O)C(=O)CNC(=O)CNC(=O)OCC1c2ccccc2-c2ccccc21. The summed E-state index contributed by atoms with van der Waals surface area (Å²) in [6.45, 7) is -0.384. The molecule has 0 radical (unpaired) electrons. The lowest BCUT2D eigenvalue weighted by Gasteiger charge is -2.22. The van der Waals surface area contributed by atoms with Crippen molar-refractivity contribution in [2.75, 3.05) is 53.4 Å². The maximum Gasteiger partial charge on any atom is 0.407 e. The molecule has 2 aromatic rings. The molecule has 0 fully saturated rings. The number of carboxylic acid groups (broad SMARTS) is 1. The Morgan fingerprint density at radius 1 is 0.886 bits per heavy atom. The van der Waals surface area contributed by atoms with E-state index >= 15 is 0 Å². The van der Waals surface area contributed by atoms with Crippen molar-refractivity contribution in [3.05, 3.63) is 59.7 Å². The fraction of sp³-hybridized carbons (Fsp3) is 0.360. The van der Waals surface area contributed by atoms with Gasteiger partial charge in [0.05, 0.1) is 6.54 Å². The molecule has 0 spiro atoms. The predicted octanol–water partition coefficient (Wildman–Crippen LogP) is 1.12. The summed E-state index contributed by atoms with van der Waals surface area (Å²) in [5.74, 6) is -2.35. The van der Waals surface area contributed by atoms with Crippen LogP contribution in [0.15, 0.2) is 48.5 Å². The summed E-state index contributed by atoms with van der Waals surface area (Å²) in [6.07, 6.45) is -0.744. The summed E-state index contributed by atoms with van der Waals surface area (Å²) in [6, 6.07) is 15.9. The molecular weight excluding hydrogens is 452 g/mol. The Morgan fingerprint density at radius 3 is 2.06 bits per heavy atom. The monoisotopic (exact) mass is 482 g/mol. The van der Waals surface area contributed by atoms with Gasteiger partial charge in [-0.25, -0.2) is 4.79 Å². The number of likely N-dealkylation sites (N-methyl/N-ethyl adjacent to an activating group) is 1. The van der Waals surface area contributed by atoms with E-state index in [1.54, 1.807) is 14.1 Å². The number of aliphatic carboxylic acids is 1. The van der Waals surface area contributed by atoms with Crippen LogP contribution in [-0.4, -0.2) is 92.2 Å². The van der Waals surface area contributed by atoms with E-state index in [4.69, 9.17) is 9.84 Å². The molecule has 35 heavy (non-hydrogen) atoms. The molecule has 10 nitrogen and oxygen atoms in total. The number of amides is 3. The van der Waals surface area contributed by atoms with E-state index in [2.05, 4.69) is 10.6 Å². The van der Waals surface area contributed by atoms with Gasteiger partial charge in [-0.15, -0.1) is 0 Å². The Kier molecular flexibility index (Phi) is 8.80. The molecule has 1 aliphatic rings. The fourth-order valence-electron chi connectivity index (χ4n) is 3.93. The Bertz CT molecular complexity index is 1040. The third kappa shape index (κ3) is 7.03. The molecular formula is C25H30N4O6. The van der Waals surface area contributed by atoms with E-state index in [0.717, 1.165) is 27.2 Å². The molecule has 3 rings (SSSR count). The van der Waals surface area contributed by atoms with Crippen LogP contribution in [0.2, 0.25) is 0 Å². The summed E-state index contributed by atoms with van der Waals surface area (Å²) in [7, 11) is 3.61. The van der Waals surface area contributed by atoms with E-state index in [0.29, 0.717) is 6.54 Å². The van der Waals surface area contributed by atoms with Crippen molar-refractivity contribution < 1.29 is 29.0 Å². The molecule has 0 saturated heterocycles. The molecule has 186 valence electrons. The van der Waals surface area contributed by atoms with E-state index in [1.807, 2.05) is 53.4 Å². The van der Waals surface area contributed by atoms with Crippen LogP contribution in [-0.2, 0) is 19.1 Å². The van der Waals surface area contributed by atoms with E-state index in [9.17, 15) is 19.2 Å². The molecule has 0 unspecified atom stereocenters. The zero-order chi connectivity index (χ0) is 25.4. The zero-order valence-electron chi connectivity index (χ0n) is 19.8. The Morgan fingerprint density at radius 2 is 1.49 bits per heavy atom. The van der Waals surface area contributed by atoms with Crippen LogP contribution in [0, 0.1) is 0 Å². The van der Waals surface area contributed by atoms with Gasteiger partial charge in [-0.05, 0) is 36.3 Å². The second-order valence-corrected chi connectivity index (χ2v) is 8.47. The first-order valence-electron chi connectivity index (χ1n) is 11.3. The van der Waals surface area contributed by atoms with Gasteiger partial charge in [-0.2, -0.15) is 0 Å². The number of carbonyl (C=O) groups excluding carboxylic acids is 3. The number of carbonyl (C=O) groups is 4. The topological polar surface area (TPSA) is 128 Å². The summed E-state index contributed by atoms with van der Waals surface area (Å²) in [4.78, 5) is 50.5. The number of rotatable bonds is 11. The number of nitrogens with zero attached hydrogens (tertiary/aromatic N) is 2. The van der Waals surface area contributed by atoms with Crippen molar-refractivity contribution in [1.29, 1.82) is 0 Å². The van der Waals surface area contributed by atoms with Gasteiger partial charge in [0.1, 0.15) is 19.7 Å². The van der Waals surface area contributed by atoms with Crippen LogP contribution in [0.25, 0.3) is 11.1 Å². The highest BCUT2D eigenvalue weighted by Gasteiger charge is 2.29. The quantitative estimate of drug-likeness (QED) is 0.438. The van der Waals surface area contributed by atoms with Gasteiger partial charge >= 0.3 is 12.1 Å². The van der Waals surface area contributed by atoms with Crippen molar-refractivity contribution in [2.45, 2.75) is 5.92 Å². The molecule has 0 bridgehead atoms. The van der Waals surface area contributed by atoms with Gasteiger partial charge < -0.3 is 30.3 Å². The second kappa shape index (κ2) is 12.0. The molecule has 2 aromatic carbocycles. The van der Waals surface area contributed by atoms with Gasteiger partial charge in [-0.3, -0.25) is 14.4 Å². The van der Waals surface area contributed by atoms with E-state index < -0.39 is 30.4 Å². The number of nitrogens with one attached hydrogen (secondary N) is 2. The summed E-state index contributed by atoms with van der Waals surface area (Å²) in [5.41, 5.74) is 4.39. The first-order valence-corrected chi connectivity index (χ1v) is 11.3. The molecule has 0 atom stereocenters. The van der Waals surface area contributed by atoms with Gasteiger partial charge in [0.2, 0.25) is 11.8 Å². The first kappa shape index (κ1) is 25.7. The lowest BCUT2D eigenvalue weighted by Crippen LogP contribution is -2.46. The highest BCUT2D eigenvalue weighted by atomic mass is 16.5. The van der Waals surface area contributed by atoms with Gasteiger partial charge in [0.15, 0.2) is 0 Å². The van der Waals surface area contributed by atoms with Crippen molar-refractivity contribution >= 4 is 23.9 Å². The smallest absolute Gasteiger partial charge is 0.407 e. The van der Waals surface area contributed by atoms with Crippen LogP contribution >= 0.6 is 0 Å². The van der Waals surface area contributed by atoms with Gasteiger partial charge in [0, 0.05) is 19.0 Å². The molecule has 3 N–H and O–H groups in total. The summed E-state index contributed by atoms with van der Waals surface area (Å²) < 4.78 is 5.38. The Hall–Kier alpha value is -3.92. The number of hydrogen-bond acceptors (Lipinski definition) is 6. The maximum atomic E-state index is 12.3. The highest BCUT2D eigenvalue weighted by molar-refractivity contribution is 5.88. The number of carboxylic acids is 1. The van der Waals surface area contributed by atoms with Crippen LogP contribution in [0.1, 0.15) is 17.0 Å². The lowest BCUT2D eigenvalue weighted by atomic mass is 9.98. The lowest BCUT2D eigenvalue weighted by molar-refractivity contribution is -0.144. The van der Waals surface area contributed by atoms with Crippen molar-refractivity contribution in [1.82, 2.24) is 20.4 Å². The third-order valence-corrected chi connectivity index (χ3v) is 5.67. The van der Waals surface area contributed by atoms with Crippen LogP contribution in [0.3, 0.4) is 0 Å². The third-order valence-electron chi connectivity index (χ3n) is 5.67. The normalized spacial score (nSPS) is 12.0. The standard InChI is InChI=1S/C25H30N4O6/c1-28(2)11-12-29(15-24(32)33)23(31)14-26-22(30)13-27-25(34)35-16-21-19-9-5-3-7-17(19)18-8-4-6-10-20(18)21/h3-10,21H,11-16H2,1-2H3,(H,26,30)(H,27,34)(H,32,33). The summed E-state index contributed by atoms with van der Waals surface area (Å²) >= 11 is 0. The highest BCUT2D eigenvalue weighted by Crippen LogP contribution is 2.44. The van der Waals surface area contributed by atoms with E-state index in [1.165, 1.54) is 0 Å². The molecule has 10 heteroatoms. The Balaban J connectivity index is 1.44. The fourth-order valence-corrected chi connectivity index (χ4v) is 3.93. The summed E-state index contributed by atoms with van der Waals surface area (Å²) in [5, 5.41) is 13.8. The van der Waals surface area contributed by atoms with E-state index in [-0.39, 0.29) is 32.2 Å².